The lowest BCUT2D eigenvalue weighted by molar-refractivity contribution is -0.179. The molecule has 0 N–H and O–H groups in total. The van der Waals surface area contributed by atoms with Gasteiger partial charge in [0.1, 0.15) is 0 Å². The first-order chi connectivity index (χ1) is 13.4. The number of rotatable bonds is 6. The van der Waals surface area contributed by atoms with E-state index >= 15 is 0 Å². The Hall–Kier alpha value is -2.88. The molecule has 0 saturated heterocycles. The Morgan fingerprint density at radius 1 is 1.07 bits per heavy atom. The van der Waals surface area contributed by atoms with E-state index in [9.17, 15) is 19.6 Å². The summed E-state index contributed by atoms with van der Waals surface area (Å²) in [7, 11) is 1.20. The molecule has 7 nitrogen and oxygen atoms in total. The molecule has 3 atom stereocenters. The number of carbonyl (C=O) groups excluding carboxylic acids is 3. The molecule has 1 unspecified atom stereocenters. The van der Waals surface area contributed by atoms with Gasteiger partial charge in [-0.3, -0.25) is 14.4 Å². The van der Waals surface area contributed by atoms with E-state index in [1.54, 1.807) is 13.8 Å². The van der Waals surface area contributed by atoms with Gasteiger partial charge < -0.3 is 14.2 Å². The molecule has 0 aromatic heterocycles. The van der Waals surface area contributed by atoms with Crippen molar-refractivity contribution in [1.82, 2.24) is 0 Å². The fraction of sp³-hybridized carbons (Fsp3) is 0.524. The van der Waals surface area contributed by atoms with E-state index in [1.807, 2.05) is 30.3 Å². The van der Waals surface area contributed by atoms with Crippen molar-refractivity contribution in [2.45, 2.75) is 32.6 Å². The van der Waals surface area contributed by atoms with Crippen LogP contribution in [0, 0.1) is 27.6 Å². The maximum absolute atomic E-state index is 12.9. The summed E-state index contributed by atoms with van der Waals surface area (Å²) in [6.07, 6.45) is 0.348. The Balaban J connectivity index is 2.12. The number of ether oxygens (including phenoxy) is 3. The smallest absolute Gasteiger partial charge is 0.327 e. The Labute approximate surface area is 163 Å². The van der Waals surface area contributed by atoms with E-state index < -0.39 is 40.1 Å². The first-order valence-electron chi connectivity index (χ1n) is 9.31. The van der Waals surface area contributed by atoms with E-state index in [-0.39, 0.29) is 19.6 Å². The summed E-state index contributed by atoms with van der Waals surface area (Å²) in [5, 5.41) is 10.1. The van der Waals surface area contributed by atoms with Crippen LogP contribution in [0.5, 0.6) is 0 Å². The monoisotopic (exact) mass is 385 g/mol. The molecule has 148 valence electrons. The summed E-state index contributed by atoms with van der Waals surface area (Å²) >= 11 is 0. The minimum atomic E-state index is -1.66. The second-order valence-electron chi connectivity index (χ2n) is 7.18. The summed E-state index contributed by atoms with van der Waals surface area (Å²) in [6.45, 7) is 3.43. The van der Waals surface area contributed by atoms with E-state index in [4.69, 9.17) is 14.2 Å². The van der Waals surface area contributed by atoms with Crippen LogP contribution in [0.1, 0.15) is 38.2 Å². The average Bonchev–Trinajstić information content (AvgIpc) is 3.42. The van der Waals surface area contributed by atoms with E-state index in [1.165, 1.54) is 7.11 Å². The second kappa shape index (κ2) is 6.93. The molecule has 1 spiro atoms. The Kier molecular flexibility index (Phi) is 4.92. The molecule has 2 aliphatic rings. The van der Waals surface area contributed by atoms with Crippen LogP contribution in [0.3, 0.4) is 0 Å². The van der Waals surface area contributed by atoms with Gasteiger partial charge >= 0.3 is 17.9 Å². The molecule has 7 heteroatoms. The predicted octanol–water partition coefficient (Wildman–Crippen LogP) is 2.36. The van der Waals surface area contributed by atoms with Gasteiger partial charge in [0.15, 0.2) is 10.8 Å². The van der Waals surface area contributed by atoms with Crippen LogP contribution in [-0.4, -0.2) is 38.2 Å². The maximum atomic E-state index is 12.9. The minimum absolute atomic E-state index is 0.0314. The molecule has 0 heterocycles. The molecule has 28 heavy (non-hydrogen) atoms. The number of hydrogen-bond acceptors (Lipinski definition) is 7. The Morgan fingerprint density at radius 2 is 1.64 bits per heavy atom. The zero-order valence-electron chi connectivity index (χ0n) is 16.2. The molecule has 3 rings (SSSR count). The number of nitrogens with zero attached hydrogens (tertiary/aromatic N) is 1. The summed E-state index contributed by atoms with van der Waals surface area (Å²) in [5.74, 6) is -2.73. The molecule has 1 aromatic carbocycles. The van der Waals surface area contributed by atoms with Gasteiger partial charge in [0.2, 0.25) is 0 Å². The van der Waals surface area contributed by atoms with Crippen molar-refractivity contribution in [1.29, 1.82) is 5.26 Å². The van der Waals surface area contributed by atoms with Crippen molar-refractivity contribution in [3.05, 3.63) is 35.9 Å². The van der Waals surface area contributed by atoms with Crippen LogP contribution in [0.4, 0.5) is 0 Å². The topological polar surface area (TPSA) is 103 Å². The largest absolute Gasteiger partial charge is 0.468 e. The van der Waals surface area contributed by atoms with Gasteiger partial charge in [-0.05, 0) is 32.3 Å². The molecule has 0 bridgehead atoms. The third-order valence-corrected chi connectivity index (χ3v) is 6.22. The van der Waals surface area contributed by atoms with Gasteiger partial charge in [-0.25, -0.2) is 0 Å². The van der Waals surface area contributed by atoms with Crippen LogP contribution in [0.2, 0.25) is 0 Å². The van der Waals surface area contributed by atoms with Crippen molar-refractivity contribution in [3.63, 3.8) is 0 Å². The lowest BCUT2D eigenvalue weighted by Crippen LogP contribution is -2.59. The highest BCUT2D eigenvalue weighted by molar-refractivity contribution is 6.08. The zero-order chi connectivity index (χ0) is 20.6. The third kappa shape index (κ3) is 2.24. The molecule has 2 aliphatic carbocycles. The zero-order valence-corrected chi connectivity index (χ0v) is 16.2. The molecule has 0 aliphatic heterocycles. The van der Waals surface area contributed by atoms with E-state index in [0.717, 1.165) is 5.56 Å². The van der Waals surface area contributed by atoms with Crippen molar-refractivity contribution in [2.75, 3.05) is 20.3 Å². The summed E-state index contributed by atoms with van der Waals surface area (Å²) in [5.41, 5.74) is -3.73. The van der Waals surface area contributed by atoms with Crippen LogP contribution < -0.4 is 0 Å². The highest BCUT2D eigenvalue weighted by atomic mass is 16.6. The minimum Gasteiger partial charge on any atom is -0.468 e. The first kappa shape index (κ1) is 19.9. The highest BCUT2D eigenvalue weighted by Gasteiger charge is 2.93. The van der Waals surface area contributed by atoms with Gasteiger partial charge in [0, 0.05) is 11.3 Å². The van der Waals surface area contributed by atoms with Gasteiger partial charge in [-0.15, -0.1) is 0 Å². The number of methoxy groups -OCH3 is 1. The molecular formula is C21H23NO6. The third-order valence-electron chi connectivity index (χ3n) is 6.22. The Morgan fingerprint density at radius 3 is 2.11 bits per heavy atom. The van der Waals surface area contributed by atoms with Gasteiger partial charge in [-0.2, -0.15) is 5.26 Å². The number of carbonyl (C=O) groups is 3. The molecule has 2 saturated carbocycles. The van der Waals surface area contributed by atoms with E-state index in [2.05, 4.69) is 6.07 Å². The predicted molar refractivity (Wildman–Crippen MR) is 96.6 cm³/mol. The molecule has 1 aromatic rings. The van der Waals surface area contributed by atoms with Gasteiger partial charge in [0.25, 0.3) is 0 Å². The van der Waals surface area contributed by atoms with Crippen molar-refractivity contribution in [3.8, 4) is 6.07 Å². The fourth-order valence-corrected chi connectivity index (χ4v) is 4.91. The Bertz CT molecular complexity index is 826. The van der Waals surface area contributed by atoms with Crippen LogP contribution in [0.15, 0.2) is 30.3 Å². The molecule has 0 amide bonds. The normalized spacial score (nSPS) is 29.1. The second-order valence-corrected chi connectivity index (χ2v) is 7.18. The molecule has 2 fully saturated rings. The fourth-order valence-electron chi connectivity index (χ4n) is 4.91. The SMILES string of the molecule is CCOC(=O)C1(C(=O)OCC)C[C@@]12C[C@@H](c1ccccc1)C2(C#N)C(=O)OC. The van der Waals surface area contributed by atoms with Crippen molar-refractivity contribution in [2.24, 2.45) is 16.2 Å². The standard InChI is InChI=1S/C21H23NO6/c1-4-27-17(24)20(18(25)28-5-2)12-19(20)11-15(14-9-7-6-8-10-14)21(19,13-22)16(23)26-3/h6-10,15H,4-5,11-12H2,1-3H3/t15-,19-,21?/m0/s1. The first-order valence-corrected chi connectivity index (χ1v) is 9.31. The van der Waals surface area contributed by atoms with Crippen LogP contribution in [0.25, 0.3) is 0 Å². The van der Waals surface area contributed by atoms with Crippen LogP contribution in [-0.2, 0) is 28.6 Å². The summed E-state index contributed by atoms with van der Waals surface area (Å²) < 4.78 is 15.3. The van der Waals surface area contributed by atoms with Crippen molar-refractivity contribution < 1.29 is 28.6 Å². The lowest BCUT2D eigenvalue weighted by Gasteiger charge is -2.52. The lowest BCUT2D eigenvalue weighted by atomic mass is 9.46. The quantitative estimate of drug-likeness (QED) is 0.421. The van der Waals surface area contributed by atoms with Crippen LogP contribution >= 0.6 is 0 Å². The number of nitriles is 1. The molecular weight excluding hydrogens is 362 g/mol. The van der Waals surface area contributed by atoms with Gasteiger partial charge in [0.05, 0.1) is 26.4 Å². The average molecular weight is 385 g/mol. The van der Waals surface area contributed by atoms with Crippen molar-refractivity contribution >= 4 is 17.9 Å². The van der Waals surface area contributed by atoms with Gasteiger partial charge in [-0.1, -0.05) is 30.3 Å². The highest BCUT2D eigenvalue weighted by Crippen LogP contribution is 2.85. The maximum Gasteiger partial charge on any atom is 0.327 e. The summed E-state index contributed by atoms with van der Waals surface area (Å²) in [6, 6.07) is 11.2. The van der Waals surface area contributed by atoms with E-state index in [0.29, 0.717) is 6.42 Å². The number of hydrogen-bond donors (Lipinski definition) is 0. The number of benzene rings is 1. The summed E-state index contributed by atoms with van der Waals surface area (Å²) in [4.78, 5) is 38.5. The molecule has 0 radical (unpaired) electrons. The number of esters is 3.